The van der Waals surface area contributed by atoms with Gasteiger partial charge in [0.15, 0.2) is 0 Å². The van der Waals surface area contributed by atoms with Crippen LogP contribution in [0.15, 0.2) is 24.3 Å². The Labute approximate surface area is 112 Å². The van der Waals surface area contributed by atoms with Gasteiger partial charge in [0.1, 0.15) is 0 Å². The van der Waals surface area contributed by atoms with Crippen LogP contribution in [0, 0.1) is 5.92 Å². The lowest BCUT2D eigenvalue weighted by Crippen LogP contribution is -2.35. The van der Waals surface area contributed by atoms with E-state index < -0.39 is 6.10 Å². The Kier molecular flexibility index (Phi) is 4.61. The number of aliphatic hydroxyl groups is 1. The number of rotatable bonds is 5. The summed E-state index contributed by atoms with van der Waals surface area (Å²) in [6, 6.07) is 7.17. The van der Waals surface area contributed by atoms with E-state index in [0.717, 1.165) is 24.8 Å². The van der Waals surface area contributed by atoms with Crippen LogP contribution in [-0.2, 0) is 4.79 Å². The summed E-state index contributed by atoms with van der Waals surface area (Å²) in [5.41, 5.74) is 0.792. The number of nitrogens with one attached hydrogen (secondary N) is 1. The molecule has 0 heterocycles. The van der Waals surface area contributed by atoms with Gasteiger partial charge < -0.3 is 10.4 Å². The van der Waals surface area contributed by atoms with Gasteiger partial charge in [-0.1, -0.05) is 30.2 Å². The minimum absolute atomic E-state index is 0.125. The van der Waals surface area contributed by atoms with Gasteiger partial charge in [-0.05, 0) is 37.0 Å². The van der Waals surface area contributed by atoms with Crippen LogP contribution in [0.4, 0.5) is 0 Å². The SMILES string of the molecule is O=C(NCCC(O)c1cccc(Cl)c1)C1CCC1. The van der Waals surface area contributed by atoms with Crippen molar-refractivity contribution in [2.75, 3.05) is 6.54 Å². The third-order valence-electron chi connectivity index (χ3n) is 3.43. The topological polar surface area (TPSA) is 49.3 Å². The molecular weight excluding hydrogens is 250 g/mol. The highest BCUT2D eigenvalue weighted by Gasteiger charge is 2.24. The van der Waals surface area contributed by atoms with Gasteiger partial charge in [-0.25, -0.2) is 0 Å². The van der Waals surface area contributed by atoms with Crippen molar-refractivity contribution < 1.29 is 9.90 Å². The van der Waals surface area contributed by atoms with Gasteiger partial charge in [0.2, 0.25) is 5.91 Å². The van der Waals surface area contributed by atoms with Crippen LogP contribution in [0.1, 0.15) is 37.4 Å². The van der Waals surface area contributed by atoms with Gasteiger partial charge in [0.05, 0.1) is 6.10 Å². The molecule has 1 amide bonds. The molecular formula is C14H18ClNO2. The molecule has 98 valence electrons. The molecule has 0 radical (unpaired) electrons. The zero-order valence-corrected chi connectivity index (χ0v) is 11.0. The van der Waals surface area contributed by atoms with Gasteiger partial charge in [0, 0.05) is 17.5 Å². The summed E-state index contributed by atoms with van der Waals surface area (Å²) in [5.74, 6) is 0.327. The number of hydrogen-bond donors (Lipinski definition) is 2. The zero-order chi connectivity index (χ0) is 13.0. The molecule has 1 aromatic rings. The Bertz CT molecular complexity index is 418. The monoisotopic (exact) mass is 267 g/mol. The number of carbonyl (C=O) groups excluding carboxylic acids is 1. The lowest BCUT2D eigenvalue weighted by molar-refractivity contribution is -0.127. The predicted octanol–water partition coefficient (Wildman–Crippen LogP) is 2.68. The summed E-state index contributed by atoms with van der Waals surface area (Å²) in [6.45, 7) is 0.503. The molecule has 0 aliphatic heterocycles. The van der Waals surface area contributed by atoms with E-state index in [4.69, 9.17) is 11.6 Å². The summed E-state index contributed by atoms with van der Waals surface area (Å²) in [7, 11) is 0. The Morgan fingerprint density at radius 3 is 2.89 bits per heavy atom. The van der Waals surface area contributed by atoms with Crippen molar-refractivity contribution in [3.05, 3.63) is 34.9 Å². The second-order valence-electron chi connectivity index (χ2n) is 4.78. The van der Waals surface area contributed by atoms with Crippen LogP contribution in [0.25, 0.3) is 0 Å². The van der Waals surface area contributed by atoms with E-state index in [0.29, 0.717) is 18.0 Å². The quantitative estimate of drug-likeness (QED) is 0.862. The van der Waals surface area contributed by atoms with E-state index >= 15 is 0 Å². The first kappa shape index (κ1) is 13.4. The van der Waals surface area contributed by atoms with E-state index in [9.17, 15) is 9.90 Å². The third kappa shape index (κ3) is 3.47. The molecule has 1 saturated carbocycles. The molecule has 1 aliphatic carbocycles. The van der Waals surface area contributed by atoms with Gasteiger partial charge in [-0.15, -0.1) is 0 Å². The minimum atomic E-state index is -0.578. The molecule has 1 aromatic carbocycles. The Hall–Kier alpha value is -1.06. The number of halogens is 1. The number of amides is 1. The summed E-state index contributed by atoms with van der Waals surface area (Å²) < 4.78 is 0. The lowest BCUT2D eigenvalue weighted by atomic mass is 9.85. The van der Waals surface area contributed by atoms with E-state index in [2.05, 4.69) is 5.32 Å². The van der Waals surface area contributed by atoms with E-state index in [-0.39, 0.29) is 11.8 Å². The first-order valence-electron chi connectivity index (χ1n) is 6.38. The Morgan fingerprint density at radius 2 is 2.28 bits per heavy atom. The van der Waals surface area contributed by atoms with Crippen LogP contribution < -0.4 is 5.32 Å². The van der Waals surface area contributed by atoms with Crippen LogP contribution in [-0.4, -0.2) is 17.6 Å². The molecule has 1 unspecified atom stereocenters. The van der Waals surface area contributed by atoms with Gasteiger partial charge in [-0.3, -0.25) is 4.79 Å². The van der Waals surface area contributed by atoms with Crippen molar-refractivity contribution in [2.24, 2.45) is 5.92 Å². The molecule has 18 heavy (non-hydrogen) atoms. The fraction of sp³-hybridized carbons (Fsp3) is 0.500. The van der Waals surface area contributed by atoms with Crippen molar-refractivity contribution in [2.45, 2.75) is 31.8 Å². The number of aliphatic hydroxyl groups excluding tert-OH is 1. The van der Waals surface area contributed by atoms with E-state index in [1.54, 1.807) is 12.1 Å². The number of carbonyl (C=O) groups is 1. The highest BCUT2D eigenvalue weighted by molar-refractivity contribution is 6.30. The Balaban J connectivity index is 1.74. The molecule has 3 nitrogen and oxygen atoms in total. The van der Waals surface area contributed by atoms with Crippen molar-refractivity contribution in [1.82, 2.24) is 5.32 Å². The number of hydrogen-bond acceptors (Lipinski definition) is 2. The van der Waals surface area contributed by atoms with Crippen LogP contribution in [0.3, 0.4) is 0 Å². The average molecular weight is 268 g/mol. The minimum Gasteiger partial charge on any atom is -0.388 e. The highest BCUT2D eigenvalue weighted by atomic mass is 35.5. The summed E-state index contributed by atoms with van der Waals surface area (Å²) in [6.07, 6.45) is 3.10. The van der Waals surface area contributed by atoms with E-state index in [1.165, 1.54) is 0 Å². The Morgan fingerprint density at radius 1 is 1.50 bits per heavy atom. The maximum Gasteiger partial charge on any atom is 0.223 e. The van der Waals surface area contributed by atoms with Gasteiger partial charge in [-0.2, -0.15) is 0 Å². The fourth-order valence-electron chi connectivity index (χ4n) is 2.03. The molecule has 1 atom stereocenters. The molecule has 0 bridgehead atoms. The fourth-order valence-corrected chi connectivity index (χ4v) is 2.23. The predicted molar refractivity (Wildman–Crippen MR) is 71.4 cm³/mol. The van der Waals surface area contributed by atoms with Crippen LogP contribution in [0.2, 0.25) is 5.02 Å². The van der Waals surface area contributed by atoms with Crippen molar-refractivity contribution in [3.8, 4) is 0 Å². The number of benzene rings is 1. The molecule has 1 aliphatic rings. The molecule has 0 saturated heterocycles. The molecule has 2 N–H and O–H groups in total. The maximum atomic E-state index is 11.6. The first-order chi connectivity index (χ1) is 8.66. The first-order valence-corrected chi connectivity index (χ1v) is 6.76. The van der Waals surface area contributed by atoms with Gasteiger partial charge >= 0.3 is 0 Å². The molecule has 4 heteroatoms. The lowest BCUT2D eigenvalue weighted by Gasteiger charge is -2.24. The second-order valence-corrected chi connectivity index (χ2v) is 5.21. The standard InChI is InChI=1S/C14H18ClNO2/c15-12-6-2-5-11(9-12)13(17)7-8-16-14(18)10-3-1-4-10/h2,5-6,9-10,13,17H,1,3-4,7-8H2,(H,16,18). The third-order valence-corrected chi connectivity index (χ3v) is 3.66. The highest BCUT2D eigenvalue weighted by Crippen LogP contribution is 2.26. The van der Waals surface area contributed by atoms with Crippen molar-refractivity contribution >= 4 is 17.5 Å². The van der Waals surface area contributed by atoms with Crippen molar-refractivity contribution in [1.29, 1.82) is 0 Å². The van der Waals surface area contributed by atoms with Crippen LogP contribution in [0.5, 0.6) is 0 Å². The van der Waals surface area contributed by atoms with Crippen molar-refractivity contribution in [3.63, 3.8) is 0 Å². The smallest absolute Gasteiger partial charge is 0.223 e. The summed E-state index contributed by atoms with van der Waals surface area (Å²) in [5, 5.41) is 13.4. The normalized spacial score (nSPS) is 17.0. The largest absolute Gasteiger partial charge is 0.388 e. The molecule has 1 fully saturated rings. The second kappa shape index (κ2) is 6.21. The van der Waals surface area contributed by atoms with Crippen LogP contribution >= 0.6 is 11.6 Å². The summed E-state index contributed by atoms with van der Waals surface area (Å²) >= 11 is 5.86. The van der Waals surface area contributed by atoms with Gasteiger partial charge in [0.25, 0.3) is 0 Å². The molecule has 0 aromatic heterocycles. The van der Waals surface area contributed by atoms with E-state index in [1.807, 2.05) is 12.1 Å². The average Bonchev–Trinajstić information content (AvgIpc) is 2.26. The zero-order valence-electron chi connectivity index (χ0n) is 10.2. The molecule has 0 spiro atoms. The maximum absolute atomic E-state index is 11.6. The molecule has 2 rings (SSSR count). The summed E-state index contributed by atoms with van der Waals surface area (Å²) in [4.78, 5) is 11.6.